The molecule has 17 heavy (non-hydrogen) atoms. The van der Waals surface area contributed by atoms with Gasteiger partial charge in [-0.15, -0.1) is 22.7 Å². The second-order valence-corrected chi connectivity index (χ2v) is 5.79. The summed E-state index contributed by atoms with van der Waals surface area (Å²) in [5, 5.41) is 11.7. The van der Waals surface area contributed by atoms with Crippen LogP contribution in [0.25, 0.3) is 10.7 Å². The molecule has 0 aromatic carbocycles. The van der Waals surface area contributed by atoms with Gasteiger partial charge in [-0.25, -0.2) is 14.8 Å². The Kier molecular flexibility index (Phi) is 3.54. The average molecular weight is 268 g/mol. The van der Waals surface area contributed by atoms with Crippen molar-refractivity contribution in [3.63, 3.8) is 0 Å². The molecule has 2 heterocycles. The Morgan fingerprint density at radius 2 is 2.29 bits per heavy atom. The number of hydrogen-bond acceptors (Lipinski definition) is 5. The van der Waals surface area contributed by atoms with Crippen molar-refractivity contribution >= 4 is 28.6 Å². The molecule has 0 saturated heterocycles. The van der Waals surface area contributed by atoms with Gasteiger partial charge in [-0.2, -0.15) is 0 Å². The number of aromatic carboxylic acids is 1. The maximum Gasteiger partial charge on any atom is 0.347 e. The Labute approximate surface area is 107 Å². The first-order valence-electron chi connectivity index (χ1n) is 5.19. The number of hydrogen-bond donors (Lipinski definition) is 1. The summed E-state index contributed by atoms with van der Waals surface area (Å²) in [4.78, 5) is 20.0. The SMILES string of the molecule is CC(C)Cc1nc(-c2cscn2)sc1C(=O)O. The van der Waals surface area contributed by atoms with Crippen LogP contribution in [0, 0.1) is 5.92 Å². The first-order chi connectivity index (χ1) is 8.08. The fraction of sp³-hybridized carbons (Fsp3) is 0.364. The van der Waals surface area contributed by atoms with Crippen LogP contribution >= 0.6 is 22.7 Å². The quantitative estimate of drug-likeness (QED) is 0.925. The van der Waals surface area contributed by atoms with Gasteiger partial charge in [0.2, 0.25) is 0 Å². The van der Waals surface area contributed by atoms with E-state index in [1.54, 1.807) is 5.51 Å². The van der Waals surface area contributed by atoms with Gasteiger partial charge in [0.15, 0.2) is 0 Å². The van der Waals surface area contributed by atoms with Crippen molar-refractivity contribution in [1.29, 1.82) is 0 Å². The normalized spacial score (nSPS) is 11.0. The molecule has 0 aliphatic rings. The van der Waals surface area contributed by atoms with Gasteiger partial charge in [0.05, 0.1) is 11.2 Å². The minimum absolute atomic E-state index is 0.335. The summed E-state index contributed by atoms with van der Waals surface area (Å²) in [5.74, 6) is -0.516. The lowest BCUT2D eigenvalue weighted by Gasteiger charge is -2.01. The number of carboxylic acids is 1. The first kappa shape index (κ1) is 12.2. The smallest absolute Gasteiger partial charge is 0.347 e. The van der Waals surface area contributed by atoms with Crippen molar-refractivity contribution in [3.05, 3.63) is 21.5 Å². The molecule has 0 saturated carbocycles. The predicted octanol–water partition coefficient (Wildman–Crippen LogP) is 3.16. The molecule has 0 amide bonds. The lowest BCUT2D eigenvalue weighted by molar-refractivity contribution is 0.0700. The van der Waals surface area contributed by atoms with E-state index in [0.29, 0.717) is 27.9 Å². The standard InChI is InChI=1S/C11H12N2O2S2/c1-6(2)3-7-9(11(14)15)17-10(13-7)8-4-16-5-12-8/h4-6H,3H2,1-2H3,(H,14,15). The van der Waals surface area contributed by atoms with Crippen LogP contribution in [0.2, 0.25) is 0 Å². The molecule has 0 atom stereocenters. The summed E-state index contributed by atoms with van der Waals surface area (Å²) >= 11 is 2.68. The third kappa shape index (κ3) is 2.70. The van der Waals surface area contributed by atoms with Gasteiger partial charge in [0.25, 0.3) is 0 Å². The molecule has 2 rings (SSSR count). The summed E-state index contributed by atoms with van der Waals surface area (Å²) in [7, 11) is 0. The van der Waals surface area contributed by atoms with E-state index < -0.39 is 5.97 Å². The molecule has 0 radical (unpaired) electrons. The summed E-state index contributed by atoms with van der Waals surface area (Å²) in [5.41, 5.74) is 3.15. The number of nitrogens with zero attached hydrogens (tertiary/aromatic N) is 2. The highest BCUT2D eigenvalue weighted by Gasteiger charge is 2.19. The molecule has 0 bridgehead atoms. The van der Waals surface area contributed by atoms with Crippen LogP contribution in [-0.4, -0.2) is 21.0 Å². The van der Waals surface area contributed by atoms with Crippen LogP contribution in [0.15, 0.2) is 10.9 Å². The largest absolute Gasteiger partial charge is 0.477 e. The molecule has 2 aromatic heterocycles. The Bertz CT molecular complexity index is 518. The van der Waals surface area contributed by atoms with E-state index in [0.717, 1.165) is 5.69 Å². The van der Waals surface area contributed by atoms with Crippen molar-refractivity contribution in [2.24, 2.45) is 5.92 Å². The highest BCUT2D eigenvalue weighted by Crippen LogP contribution is 2.29. The van der Waals surface area contributed by atoms with Gasteiger partial charge < -0.3 is 5.11 Å². The van der Waals surface area contributed by atoms with E-state index in [-0.39, 0.29) is 0 Å². The number of thiazole rings is 2. The fourth-order valence-electron chi connectivity index (χ4n) is 1.47. The third-order valence-corrected chi connectivity index (χ3v) is 3.84. The zero-order valence-electron chi connectivity index (χ0n) is 9.51. The maximum atomic E-state index is 11.1. The molecule has 1 N–H and O–H groups in total. The van der Waals surface area contributed by atoms with E-state index in [2.05, 4.69) is 9.97 Å². The highest BCUT2D eigenvalue weighted by molar-refractivity contribution is 7.17. The van der Waals surface area contributed by atoms with Gasteiger partial charge in [-0.3, -0.25) is 0 Å². The monoisotopic (exact) mass is 268 g/mol. The Morgan fingerprint density at radius 1 is 1.53 bits per heavy atom. The maximum absolute atomic E-state index is 11.1. The van der Waals surface area contributed by atoms with Crippen LogP contribution in [0.3, 0.4) is 0 Å². The second-order valence-electron chi connectivity index (χ2n) is 4.07. The molecule has 0 aliphatic carbocycles. The predicted molar refractivity (Wildman–Crippen MR) is 68.7 cm³/mol. The number of carbonyl (C=O) groups is 1. The van der Waals surface area contributed by atoms with E-state index in [9.17, 15) is 4.79 Å². The minimum Gasteiger partial charge on any atom is -0.477 e. The molecule has 0 fully saturated rings. The Morgan fingerprint density at radius 3 is 2.82 bits per heavy atom. The lowest BCUT2D eigenvalue weighted by atomic mass is 10.1. The molecular formula is C11H12N2O2S2. The molecule has 0 spiro atoms. The van der Waals surface area contributed by atoms with E-state index >= 15 is 0 Å². The van der Waals surface area contributed by atoms with Crippen molar-refractivity contribution in [3.8, 4) is 10.7 Å². The average Bonchev–Trinajstić information content (AvgIpc) is 2.82. The first-order valence-corrected chi connectivity index (χ1v) is 6.95. The van der Waals surface area contributed by atoms with Gasteiger partial charge in [-0.05, 0) is 12.3 Å². The number of carboxylic acid groups (broad SMARTS) is 1. The Balaban J connectivity index is 2.41. The molecule has 2 aromatic rings. The Hall–Kier alpha value is -1.27. The van der Waals surface area contributed by atoms with E-state index in [1.165, 1.54) is 22.7 Å². The zero-order valence-corrected chi connectivity index (χ0v) is 11.1. The lowest BCUT2D eigenvalue weighted by Crippen LogP contribution is -2.02. The summed E-state index contributed by atoms with van der Waals surface area (Å²) < 4.78 is 0. The third-order valence-electron chi connectivity index (χ3n) is 2.14. The van der Waals surface area contributed by atoms with Crippen molar-refractivity contribution in [2.75, 3.05) is 0 Å². The number of rotatable bonds is 4. The van der Waals surface area contributed by atoms with Crippen molar-refractivity contribution in [2.45, 2.75) is 20.3 Å². The van der Waals surface area contributed by atoms with E-state index in [4.69, 9.17) is 5.11 Å². The van der Waals surface area contributed by atoms with Gasteiger partial charge in [0, 0.05) is 5.38 Å². The fourth-order valence-corrected chi connectivity index (χ4v) is 2.98. The van der Waals surface area contributed by atoms with Crippen LogP contribution < -0.4 is 0 Å². The molecular weight excluding hydrogens is 256 g/mol. The van der Waals surface area contributed by atoms with Crippen molar-refractivity contribution in [1.82, 2.24) is 9.97 Å². The van der Waals surface area contributed by atoms with Crippen LogP contribution in [-0.2, 0) is 6.42 Å². The van der Waals surface area contributed by atoms with Crippen molar-refractivity contribution < 1.29 is 9.90 Å². The molecule has 6 heteroatoms. The van der Waals surface area contributed by atoms with Gasteiger partial charge in [-0.1, -0.05) is 13.8 Å². The van der Waals surface area contributed by atoms with Gasteiger partial charge >= 0.3 is 5.97 Å². The molecule has 4 nitrogen and oxygen atoms in total. The summed E-state index contributed by atoms with van der Waals surface area (Å²) in [6.45, 7) is 4.10. The minimum atomic E-state index is -0.903. The summed E-state index contributed by atoms with van der Waals surface area (Å²) in [6, 6.07) is 0. The van der Waals surface area contributed by atoms with E-state index in [1.807, 2.05) is 19.2 Å². The molecule has 90 valence electrons. The molecule has 0 unspecified atom stereocenters. The zero-order chi connectivity index (χ0) is 12.4. The van der Waals surface area contributed by atoms with Crippen LogP contribution in [0.5, 0.6) is 0 Å². The topological polar surface area (TPSA) is 63.1 Å². The second kappa shape index (κ2) is 4.93. The summed E-state index contributed by atoms with van der Waals surface area (Å²) in [6.07, 6.45) is 0.683. The van der Waals surface area contributed by atoms with Crippen LogP contribution in [0.1, 0.15) is 29.2 Å². The van der Waals surface area contributed by atoms with Gasteiger partial charge in [0.1, 0.15) is 15.6 Å². The highest BCUT2D eigenvalue weighted by atomic mass is 32.1. The van der Waals surface area contributed by atoms with Crippen LogP contribution in [0.4, 0.5) is 0 Å². The molecule has 0 aliphatic heterocycles. The number of aromatic nitrogens is 2.